The van der Waals surface area contributed by atoms with Crippen LogP contribution in [-0.4, -0.2) is 27.9 Å². The van der Waals surface area contributed by atoms with Crippen LogP contribution in [0.5, 0.6) is 0 Å². The lowest BCUT2D eigenvalue weighted by atomic mass is 9.87. The Hall–Kier alpha value is -2.40. The first kappa shape index (κ1) is 18.0. The van der Waals surface area contributed by atoms with Crippen molar-refractivity contribution < 1.29 is 4.79 Å². The highest BCUT2D eigenvalue weighted by atomic mass is 32.2. The molecule has 0 N–H and O–H groups in total. The Morgan fingerprint density at radius 3 is 2.48 bits per heavy atom. The van der Waals surface area contributed by atoms with E-state index >= 15 is 0 Å². The fourth-order valence-electron chi connectivity index (χ4n) is 3.22. The number of aliphatic imine (C=N–C) groups is 2. The minimum absolute atomic E-state index is 0.00571. The number of hydrogen-bond acceptors (Lipinski definition) is 4. The van der Waals surface area contributed by atoms with Crippen LogP contribution in [0.15, 0.2) is 58.5 Å². The molecule has 0 fully saturated rings. The van der Waals surface area contributed by atoms with Crippen molar-refractivity contribution >= 4 is 34.4 Å². The summed E-state index contributed by atoms with van der Waals surface area (Å²) in [6.45, 7) is 8.48. The van der Waals surface area contributed by atoms with Crippen molar-refractivity contribution in [1.29, 1.82) is 0 Å². The molecule has 0 unspecified atom stereocenters. The Morgan fingerprint density at radius 1 is 1.07 bits per heavy atom. The first-order valence-corrected chi connectivity index (χ1v) is 10.2. The summed E-state index contributed by atoms with van der Waals surface area (Å²) in [5.74, 6) is 1.48. The molecule has 0 aliphatic carbocycles. The van der Waals surface area contributed by atoms with Crippen LogP contribution in [0.4, 0.5) is 5.69 Å². The molecule has 2 aliphatic heterocycles. The van der Waals surface area contributed by atoms with Crippen LogP contribution in [0.3, 0.4) is 0 Å². The second-order valence-corrected chi connectivity index (χ2v) is 8.89. The summed E-state index contributed by atoms with van der Waals surface area (Å²) in [7, 11) is 0. The van der Waals surface area contributed by atoms with Gasteiger partial charge < -0.3 is 0 Å². The number of benzene rings is 2. The van der Waals surface area contributed by atoms with E-state index < -0.39 is 0 Å². The lowest BCUT2D eigenvalue weighted by Gasteiger charge is -2.25. The average Bonchev–Trinajstić information content (AvgIpc) is 2.95. The highest BCUT2D eigenvalue weighted by molar-refractivity contribution is 8.13. The lowest BCUT2D eigenvalue weighted by Crippen LogP contribution is -2.40. The predicted octanol–water partition coefficient (Wildman–Crippen LogP) is 4.90. The number of thioether (sulfide) groups is 1. The van der Waals surface area contributed by atoms with Crippen LogP contribution >= 0.6 is 11.8 Å². The Balaban J connectivity index is 1.59. The van der Waals surface area contributed by atoms with Crippen LogP contribution in [0.25, 0.3) is 0 Å². The van der Waals surface area contributed by atoms with Gasteiger partial charge in [-0.15, -0.1) is 0 Å². The number of rotatable bonds is 2. The maximum atomic E-state index is 12.6. The van der Waals surface area contributed by atoms with Gasteiger partial charge in [0, 0.05) is 11.3 Å². The van der Waals surface area contributed by atoms with Crippen molar-refractivity contribution in [2.45, 2.75) is 44.9 Å². The Kier molecular flexibility index (Phi) is 4.42. The smallest absolute Gasteiger partial charge is 0.258 e. The Labute approximate surface area is 164 Å². The fraction of sp³-hybridized carbons (Fsp3) is 0.318. The van der Waals surface area contributed by atoms with E-state index in [2.05, 4.69) is 50.0 Å². The van der Waals surface area contributed by atoms with Crippen molar-refractivity contribution in [3.8, 4) is 0 Å². The number of fused-ring (bicyclic) bond motifs is 3. The van der Waals surface area contributed by atoms with Crippen LogP contribution in [-0.2, 0) is 16.0 Å². The number of carbonyl (C=O) groups excluding carboxylic acids is 1. The normalized spacial score (nSPS) is 18.7. The van der Waals surface area contributed by atoms with Crippen molar-refractivity contribution in [3.05, 3.63) is 65.2 Å². The molecule has 2 aromatic carbocycles. The summed E-state index contributed by atoms with van der Waals surface area (Å²) in [6.07, 6.45) is 0. The minimum Gasteiger partial charge on any atom is -0.272 e. The molecule has 1 amide bonds. The average molecular weight is 378 g/mol. The lowest BCUT2D eigenvalue weighted by molar-refractivity contribution is -0.124. The van der Waals surface area contributed by atoms with Gasteiger partial charge in [0.15, 0.2) is 5.17 Å². The molecule has 1 atom stereocenters. The van der Waals surface area contributed by atoms with Gasteiger partial charge in [0.05, 0.1) is 5.69 Å². The summed E-state index contributed by atoms with van der Waals surface area (Å²) in [6, 6.07) is 16.2. The van der Waals surface area contributed by atoms with Crippen LogP contribution in [0.2, 0.25) is 0 Å². The van der Waals surface area contributed by atoms with Gasteiger partial charge in [-0.2, -0.15) is 0 Å². The quantitative estimate of drug-likeness (QED) is 0.747. The van der Waals surface area contributed by atoms with Gasteiger partial charge >= 0.3 is 0 Å². The zero-order chi connectivity index (χ0) is 19.2. The zero-order valence-electron chi connectivity index (χ0n) is 16.1. The highest BCUT2D eigenvalue weighted by Gasteiger charge is 2.39. The van der Waals surface area contributed by atoms with Crippen molar-refractivity contribution in [2.75, 3.05) is 0 Å². The van der Waals surface area contributed by atoms with Gasteiger partial charge in [-0.05, 0) is 35.6 Å². The number of para-hydroxylation sites is 1. The first-order valence-electron chi connectivity index (χ1n) is 9.17. The molecule has 5 heteroatoms. The van der Waals surface area contributed by atoms with E-state index in [4.69, 9.17) is 4.99 Å². The molecule has 0 aromatic heterocycles. The molecule has 0 saturated heterocycles. The Bertz CT molecular complexity index is 954. The summed E-state index contributed by atoms with van der Waals surface area (Å²) in [5.41, 5.74) is 4.48. The topological polar surface area (TPSA) is 45.0 Å². The molecule has 0 spiro atoms. The van der Waals surface area contributed by atoms with Crippen molar-refractivity contribution in [2.24, 2.45) is 9.98 Å². The van der Waals surface area contributed by atoms with Gasteiger partial charge in [-0.3, -0.25) is 9.79 Å². The molecule has 4 rings (SSSR count). The molecular formula is C22H23N3OS. The fourth-order valence-corrected chi connectivity index (χ4v) is 4.18. The largest absolute Gasteiger partial charge is 0.272 e. The van der Waals surface area contributed by atoms with Gasteiger partial charge in [-0.25, -0.2) is 9.89 Å². The van der Waals surface area contributed by atoms with E-state index in [0.717, 1.165) is 22.8 Å². The maximum absolute atomic E-state index is 12.6. The second kappa shape index (κ2) is 6.64. The van der Waals surface area contributed by atoms with Crippen LogP contribution < -0.4 is 0 Å². The number of amidine groups is 2. The summed E-state index contributed by atoms with van der Waals surface area (Å²) < 4.78 is 0. The van der Waals surface area contributed by atoms with E-state index in [1.807, 2.05) is 31.2 Å². The third-order valence-electron chi connectivity index (χ3n) is 4.85. The maximum Gasteiger partial charge on any atom is 0.258 e. The van der Waals surface area contributed by atoms with Crippen LogP contribution in [0.1, 0.15) is 44.4 Å². The SMILES string of the molecule is C[C@@H]1N=C2c3ccccc3N=C(SCc3ccc(C(C)(C)C)cc3)N2C1=O. The Morgan fingerprint density at radius 2 is 1.78 bits per heavy atom. The molecule has 4 nitrogen and oxygen atoms in total. The number of carbonyl (C=O) groups is 1. The standard InChI is InChI=1S/C22H23N3OS/c1-14-20(26)25-19(23-14)17-7-5-6-8-18(17)24-21(25)27-13-15-9-11-16(12-10-15)22(2,3)4/h5-12,14H,13H2,1-4H3/t14-/m0/s1. The number of amides is 1. The monoisotopic (exact) mass is 377 g/mol. The van der Waals surface area contributed by atoms with Crippen LogP contribution in [0, 0.1) is 0 Å². The molecular weight excluding hydrogens is 354 g/mol. The molecule has 2 aromatic rings. The second-order valence-electron chi connectivity index (χ2n) is 7.95. The van der Waals surface area contributed by atoms with Gasteiger partial charge in [0.1, 0.15) is 11.9 Å². The molecule has 27 heavy (non-hydrogen) atoms. The van der Waals surface area contributed by atoms with Crippen molar-refractivity contribution in [1.82, 2.24) is 4.90 Å². The third-order valence-corrected chi connectivity index (χ3v) is 5.86. The van der Waals surface area contributed by atoms with E-state index in [1.54, 1.807) is 16.7 Å². The van der Waals surface area contributed by atoms with E-state index in [9.17, 15) is 4.79 Å². The molecule has 0 saturated carbocycles. The first-order chi connectivity index (χ1) is 12.8. The molecule has 138 valence electrons. The van der Waals surface area contributed by atoms with E-state index in [1.165, 1.54) is 11.1 Å². The van der Waals surface area contributed by atoms with Gasteiger partial charge in [-0.1, -0.05) is 68.9 Å². The number of nitrogens with zero attached hydrogens (tertiary/aromatic N) is 3. The van der Waals surface area contributed by atoms with Gasteiger partial charge in [0.2, 0.25) is 0 Å². The van der Waals surface area contributed by atoms with Gasteiger partial charge in [0.25, 0.3) is 5.91 Å². The van der Waals surface area contributed by atoms with E-state index in [0.29, 0.717) is 5.17 Å². The van der Waals surface area contributed by atoms with E-state index in [-0.39, 0.29) is 17.4 Å². The minimum atomic E-state index is -0.358. The predicted molar refractivity (Wildman–Crippen MR) is 113 cm³/mol. The zero-order valence-corrected chi connectivity index (χ0v) is 16.9. The summed E-state index contributed by atoms with van der Waals surface area (Å²) in [4.78, 5) is 23.6. The molecule has 0 radical (unpaired) electrons. The molecule has 2 heterocycles. The van der Waals surface area contributed by atoms with Crippen molar-refractivity contribution in [3.63, 3.8) is 0 Å². The highest BCUT2D eigenvalue weighted by Crippen LogP contribution is 2.34. The third kappa shape index (κ3) is 3.32. The number of hydrogen-bond donors (Lipinski definition) is 0. The molecule has 0 bridgehead atoms. The summed E-state index contributed by atoms with van der Waals surface area (Å²) >= 11 is 1.58. The molecule has 2 aliphatic rings. The summed E-state index contributed by atoms with van der Waals surface area (Å²) in [5, 5.41) is 0.710.